The normalized spacial score (nSPS) is 15.8. The van der Waals surface area contributed by atoms with Crippen molar-refractivity contribution in [2.24, 2.45) is 5.73 Å². The van der Waals surface area contributed by atoms with Crippen molar-refractivity contribution < 1.29 is 26.8 Å². The number of nitrogens with zero attached hydrogens (tertiary/aromatic N) is 2. The van der Waals surface area contributed by atoms with Crippen LogP contribution in [0.2, 0.25) is 0 Å². The molecule has 2 aromatic rings. The Hall–Kier alpha value is -2.41. The molecule has 1 saturated heterocycles. The average molecular weight is 459 g/mol. The van der Waals surface area contributed by atoms with Crippen molar-refractivity contribution in [3.63, 3.8) is 0 Å². The molecule has 0 aliphatic carbocycles. The maximum atomic E-state index is 13.9. The lowest BCUT2D eigenvalue weighted by Gasteiger charge is -2.33. The van der Waals surface area contributed by atoms with E-state index in [2.05, 4.69) is 5.32 Å². The van der Waals surface area contributed by atoms with Crippen molar-refractivity contribution in [2.75, 3.05) is 38.0 Å². The average Bonchev–Trinajstić information content (AvgIpc) is 3.15. The summed E-state index contributed by atoms with van der Waals surface area (Å²) in [5.41, 5.74) is 5.49. The van der Waals surface area contributed by atoms with Gasteiger partial charge in [-0.1, -0.05) is 6.07 Å². The van der Waals surface area contributed by atoms with Gasteiger partial charge < -0.3 is 16.0 Å². The zero-order valence-corrected chi connectivity index (χ0v) is 17.4. The highest BCUT2D eigenvalue weighted by atomic mass is 32.2. The third-order valence-electron chi connectivity index (χ3n) is 4.69. The van der Waals surface area contributed by atoms with Crippen molar-refractivity contribution in [1.82, 2.24) is 9.21 Å². The second-order valence-electron chi connectivity index (χ2n) is 6.62. The minimum atomic E-state index is -4.29. The van der Waals surface area contributed by atoms with Crippen molar-refractivity contribution in [3.05, 3.63) is 46.8 Å². The number of sulfonamides is 1. The molecule has 3 N–H and O–H groups in total. The van der Waals surface area contributed by atoms with Crippen LogP contribution in [-0.4, -0.2) is 62.2 Å². The number of nitrogens with two attached hydrogens (primary N) is 1. The Labute approximate surface area is 176 Å². The molecule has 1 aromatic carbocycles. The van der Waals surface area contributed by atoms with Crippen LogP contribution in [0.3, 0.4) is 0 Å². The molecule has 12 heteroatoms. The molecule has 3 rings (SSSR count). The first-order valence-electron chi connectivity index (χ1n) is 9.04. The number of hydrogen-bond acceptors (Lipinski definition) is 6. The molecule has 0 radical (unpaired) electrons. The summed E-state index contributed by atoms with van der Waals surface area (Å²) >= 11 is 1.19. The highest BCUT2D eigenvalue weighted by molar-refractivity contribution is 7.89. The number of nitrogens with one attached hydrogen (secondary N) is 1. The Kier molecular flexibility index (Phi) is 6.81. The molecule has 1 aliphatic heterocycles. The largest absolute Gasteiger partial charge is 0.366 e. The summed E-state index contributed by atoms with van der Waals surface area (Å²) in [6.07, 6.45) is 0.130. The van der Waals surface area contributed by atoms with E-state index in [9.17, 15) is 26.8 Å². The third kappa shape index (κ3) is 4.83. The third-order valence-corrected chi connectivity index (χ3v) is 7.47. The van der Waals surface area contributed by atoms with Gasteiger partial charge in [-0.3, -0.25) is 9.59 Å². The van der Waals surface area contributed by atoms with Crippen LogP contribution >= 0.6 is 11.3 Å². The Bertz CT molecular complexity index is 1030. The lowest BCUT2D eigenvalue weighted by atomic mass is 10.3. The highest BCUT2D eigenvalue weighted by Crippen LogP contribution is 2.24. The predicted molar refractivity (Wildman–Crippen MR) is 108 cm³/mol. The van der Waals surface area contributed by atoms with Crippen LogP contribution in [0, 0.1) is 11.6 Å². The first kappa shape index (κ1) is 22.3. The molecule has 0 spiro atoms. The van der Waals surface area contributed by atoms with E-state index in [0.717, 1.165) is 22.5 Å². The molecule has 0 saturated carbocycles. The van der Waals surface area contributed by atoms with Gasteiger partial charge in [0.05, 0.1) is 5.56 Å². The van der Waals surface area contributed by atoms with Gasteiger partial charge in [0, 0.05) is 39.1 Å². The van der Waals surface area contributed by atoms with Gasteiger partial charge in [0.15, 0.2) is 4.90 Å². The lowest BCUT2D eigenvalue weighted by Crippen LogP contribution is -2.49. The Morgan fingerprint density at radius 2 is 1.73 bits per heavy atom. The molecular formula is C18H20F2N4O4S2. The van der Waals surface area contributed by atoms with Crippen LogP contribution in [-0.2, 0) is 14.8 Å². The summed E-state index contributed by atoms with van der Waals surface area (Å²) in [7, 11) is -4.29. The van der Waals surface area contributed by atoms with Crippen molar-refractivity contribution in [3.8, 4) is 0 Å². The van der Waals surface area contributed by atoms with Crippen LogP contribution in [0.15, 0.2) is 34.5 Å². The lowest BCUT2D eigenvalue weighted by molar-refractivity contribution is -0.116. The molecule has 1 aromatic heterocycles. The molecule has 1 fully saturated rings. The molecule has 2 amide bonds. The molecule has 0 bridgehead atoms. The Morgan fingerprint density at radius 3 is 2.33 bits per heavy atom. The number of halogens is 2. The fraction of sp³-hybridized carbons (Fsp3) is 0.333. The predicted octanol–water partition coefficient (Wildman–Crippen LogP) is 1.46. The van der Waals surface area contributed by atoms with Gasteiger partial charge in [0.2, 0.25) is 15.9 Å². The summed E-state index contributed by atoms with van der Waals surface area (Å²) in [5.74, 6) is -3.19. The molecule has 162 valence electrons. The van der Waals surface area contributed by atoms with Gasteiger partial charge in [0.25, 0.3) is 5.91 Å². The number of hydrogen-bond donors (Lipinski definition) is 2. The van der Waals surface area contributed by atoms with Gasteiger partial charge in [-0.2, -0.15) is 4.31 Å². The first-order chi connectivity index (χ1) is 14.2. The molecule has 2 heterocycles. The summed E-state index contributed by atoms with van der Waals surface area (Å²) in [6, 6.07) is 4.44. The second-order valence-corrected chi connectivity index (χ2v) is 9.41. The highest BCUT2D eigenvalue weighted by Gasteiger charge is 2.33. The van der Waals surface area contributed by atoms with Gasteiger partial charge >= 0.3 is 0 Å². The number of rotatable bonds is 7. The smallest absolute Gasteiger partial charge is 0.251 e. The number of piperazine rings is 1. The molecule has 0 unspecified atom stereocenters. The van der Waals surface area contributed by atoms with Gasteiger partial charge in [-0.25, -0.2) is 17.2 Å². The van der Waals surface area contributed by atoms with Crippen LogP contribution < -0.4 is 11.1 Å². The fourth-order valence-electron chi connectivity index (χ4n) is 3.10. The SMILES string of the molecule is NC(=O)c1ccsc1NC(=O)CCN1CCN(S(=O)(=O)c2c(F)cccc2F)CC1. The van der Waals surface area contributed by atoms with Crippen LogP contribution in [0.1, 0.15) is 16.8 Å². The number of thiophene rings is 1. The summed E-state index contributed by atoms with van der Waals surface area (Å²) in [5, 5.41) is 4.67. The first-order valence-corrected chi connectivity index (χ1v) is 11.4. The standard InChI is InChI=1S/C18H20F2N4O4S2/c19-13-2-1-3-14(20)16(13)30(27,28)24-9-7-23(8-10-24)6-4-15(25)22-18-12(17(21)26)5-11-29-18/h1-3,5,11H,4,6-10H2,(H2,21,26)(H,22,25). The molecule has 1 aliphatic rings. The van der Waals surface area contributed by atoms with Gasteiger partial charge in [-0.15, -0.1) is 11.3 Å². The number of benzene rings is 1. The molecular weight excluding hydrogens is 438 g/mol. The number of anilines is 1. The van der Waals surface area contributed by atoms with Crippen LogP contribution in [0.4, 0.5) is 13.8 Å². The van der Waals surface area contributed by atoms with Gasteiger partial charge in [-0.05, 0) is 23.6 Å². The van der Waals surface area contributed by atoms with E-state index in [4.69, 9.17) is 5.73 Å². The maximum Gasteiger partial charge on any atom is 0.251 e. The summed E-state index contributed by atoms with van der Waals surface area (Å²) in [4.78, 5) is 24.4. The van der Waals surface area contributed by atoms with E-state index in [1.165, 1.54) is 17.4 Å². The topological polar surface area (TPSA) is 113 Å². The fourth-order valence-corrected chi connectivity index (χ4v) is 5.44. The van der Waals surface area contributed by atoms with E-state index in [1.807, 2.05) is 4.90 Å². The molecule has 30 heavy (non-hydrogen) atoms. The summed E-state index contributed by atoms with van der Waals surface area (Å²) in [6.45, 7) is 1.09. The number of amides is 2. The minimum Gasteiger partial charge on any atom is -0.366 e. The van der Waals surface area contributed by atoms with E-state index >= 15 is 0 Å². The van der Waals surface area contributed by atoms with E-state index in [1.54, 1.807) is 5.38 Å². The van der Waals surface area contributed by atoms with Crippen LogP contribution in [0.5, 0.6) is 0 Å². The van der Waals surface area contributed by atoms with E-state index in [0.29, 0.717) is 24.6 Å². The maximum absolute atomic E-state index is 13.9. The molecule has 0 atom stereocenters. The van der Waals surface area contributed by atoms with E-state index in [-0.39, 0.29) is 31.0 Å². The van der Waals surface area contributed by atoms with Gasteiger partial charge in [0.1, 0.15) is 16.6 Å². The van der Waals surface area contributed by atoms with Crippen LogP contribution in [0.25, 0.3) is 0 Å². The monoisotopic (exact) mass is 458 g/mol. The quantitative estimate of drug-likeness (QED) is 0.652. The molecule has 8 nitrogen and oxygen atoms in total. The number of primary amides is 1. The zero-order valence-electron chi connectivity index (χ0n) is 15.8. The van der Waals surface area contributed by atoms with Crippen molar-refractivity contribution >= 4 is 38.2 Å². The van der Waals surface area contributed by atoms with Crippen molar-refractivity contribution in [1.29, 1.82) is 0 Å². The zero-order chi connectivity index (χ0) is 21.9. The Morgan fingerprint density at radius 1 is 1.10 bits per heavy atom. The number of carbonyl (C=O) groups excluding carboxylic acids is 2. The summed E-state index contributed by atoms with van der Waals surface area (Å²) < 4.78 is 54.0. The van der Waals surface area contributed by atoms with Crippen molar-refractivity contribution in [2.45, 2.75) is 11.3 Å². The second kappa shape index (κ2) is 9.16. The number of carbonyl (C=O) groups is 2. The van der Waals surface area contributed by atoms with E-state index < -0.39 is 32.5 Å². The minimum absolute atomic E-state index is 0.0501. The Balaban J connectivity index is 1.53.